The van der Waals surface area contributed by atoms with Crippen molar-refractivity contribution in [2.45, 2.75) is 13.3 Å². The number of carbonyl (C=O) groups excluding carboxylic acids is 1. The maximum atomic E-state index is 10.8. The van der Waals surface area contributed by atoms with E-state index < -0.39 is 0 Å². The fourth-order valence-corrected chi connectivity index (χ4v) is 3.03. The summed E-state index contributed by atoms with van der Waals surface area (Å²) in [6.45, 7) is 2.09. The monoisotopic (exact) mass is 256 g/mol. The van der Waals surface area contributed by atoms with Crippen molar-refractivity contribution in [3.05, 3.63) is 58.4 Å². The van der Waals surface area contributed by atoms with Crippen LogP contribution >= 0.6 is 11.3 Å². The third-order valence-electron chi connectivity index (χ3n) is 2.87. The lowest BCUT2D eigenvalue weighted by Crippen LogP contribution is -1.88. The molecule has 0 aliphatic rings. The molecule has 0 atom stereocenters. The van der Waals surface area contributed by atoms with E-state index in [1.807, 2.05) is 10.6 Å². The van der Waals surface area contributed by atoms with Gasteiger partial charge in [-0.1, -0.05) is 29.8 Å². The molecule has 0 unspecified atom stereocenters. The average Bonchev–Trinajstić information content (AvgIpc) is 2.88. The summed E-state index contributed by atoms with van der Waals surface area (Å²) in [5, 5.41) is 0. The SMILES string of the molecule is Cc1cccc(Cc2cn3c(C=O)cnc3s2)c1. The van der Waals surface area contributed by atoms with Crippen LogP contribution in [0, 0.1) is 6.92 Å². The van der Waals surface area contributed by atoms with E-state index in [0.29, 0.717) is 5.69 Å². The Kier molecular flexibility index (Phi) is 2.72. The number of benzene rings is 1. The summed E-state index contributed by atoms with van der Waals surface area (Å²) < 4.78 is 1.85. The molecule has 0 aliphatic carbocycles. The van der Waals surface area contributed by atoms with Crippen molar-refractivity contribution in [1.29, 1.82) is 0 Å². The first-order chi connectivity index (χ1) is 8.76. The van der Waals surface area contributed by atoms with E-state index in [9.17, 15) is 4.79 Å². The second-order valence-corrected chi connectivity index (χ2v) is 5.41. The summed E-state index contributed by atoms with van der Waals surface area (Å²) in [4.78, 5) is 17.1. The minimum atomic E-state index is 0.608. The molecule has 0 aliphatic heterocycles. The molecule has 0 spiro atoms. The smallest absolute Gasteiger partial charge is 0.194 e. The first-order valence-electron chi connectivity index (χ1n) is 5.73. The van der Waals surface area contributed by atoms with Crippen molar-refractivity contribution in [2.24, 2.45) is 0 Å². The van der Waals surface area contributed by atoms with Gasteiger partial charge in [-0.15, -0.1) is 11.3 Å². The molecule has 1 aromatic carbocycles. The van der Waals surface area contributed by atoms with E-state index in [2.05, 4.69) is 36.2 Å². The molecule has 90 valence electrons. The van der Waals surface area contributed by atoms with Crippen LogP contribution in [0.15, 0.2) is 36.7 Å². The van der Waals surface area contributed by atoms with Crippen LogP contribution in [0.2, 0.25) is 0 Å². The summed E-state index contributed by atoms with van der Waals surface area (Å²) in [5.41, 5.74) is 3.16. The van der Waals surface area contributed by atoms with Gasteiger partial charge >= 0.3 is 0 Å². The Labute approximate surface area is 109 Å². The van der Waals surface area contributed by atoms with Gasteiger partial charge in [0.25, 0.3) is 0 Å². The van der Waals surface area contributed by atoms with Gasteiger partial charge in [0.05, 0.1) is 6.20 Å². The second-order valence-electron chi connectivity index (χ2n) is 4.32. The highest BCUT2D eigenvalue weighted by Gasteiger charge is 2.07. The molecule has 0 fully saturated rings. The minimum Gasteiger partial charge on any atom is -0.296 e. The van der Waals surface area contributed by atoms with Gasteiger partial charge in [-0.25, -0.2) is 4.98 Å². The van der Waals surface area contributed by atoms with Crippen molar-refractivity contribution in [3.63, 3.8) is 0 Å². The zero-order valence-electron chi connectivity index (χ0n) is 9.96. The van der Waals surface area contributed by atoms with Crippen LogP contribution in [0.3, 0.4) is 0 Å². The first kappa shape index (κ1) is 11.2. The van der Waals surface area contributed by atoms with Crippen LogP contribution in [-0.2, 0) is 6.42 Å². The van der Waals surface area contributed by atoms with Gasteiger partial charge in [-0.2, -0.15) is 0 Å². The van der Waals surface area contributed by atoms with Crippen molar-refractivity contribution in [3.8, 4) is 0 Å². The minimum absolute atomic E-state index is 0.608. The molecule has 4 heteroatoms. The Morgan fingerprint density at radius 1 is 1.44 bits per heavy atom. The zero-order valence-corrected chi connectivity index (χ0v) is 10.8. The fraction of sp³-hybridized carbons (Fsp3) is 0.143. The fourth-order valence-electron chi connectivity index (χ4n) is 2.04. The lowest BCUT2D eigenvalue weighted by molar-refractivity contribution is 0.111. The Balaban J connectivity index is 1.95. The molecule has 0 radical (unpaired) electrons. The number of hydrogen-bond donors (Lipinski definition) is 0. The van der Waals surface area contributed by atoms with Crippen LogP contribution in [0.4, 0.5) is 0 Å². The molecule has 0 bridgehead atoms. The number of aryl methyl sites for hydroxylation is 1. The van der Waals surface area contributed by atoms with Crippen molar-refractivity contribution >= 4 is 22.6 Å². The molecule has 2 heterocycles. The zero-order chi connectivity index (χ0) is 12.5. The van der Waals surface area contributed by atoms with Crippen molar-refractivity contribution in [1.82, 2.24) is 9.38 Å². The molecule has 0 N–H and O–H groups in total. The topological polar surface area (TPSA) is 34.4 Å². The number of aldehydes is 1. The highest BCUT2D eigenvalue weighted by Crippen LogP contribution is 2.21. The van der Waals surface area contributed by atoms with Gasteiger partial charge in [0.15, 0.2) is 11.2 Å². The number of imidazole rings is 1. The van der Waals surface area contributed by atoms with Gasteiger partial charge < -0.3 is 0 Å². The van der Waals surface area contributed by atoms with Crippen molar-refractivity contribution in [2.75, 3.05) is 0 Å². The predicted octanol–water partition coefficient (Wildman–Crippen LogP) is 3.11. The van der Waals surface area contributed by atoms with Gasteiger partial charge in [-0.05, 0) is 12.5 Å². The van der Waals surface area contributed by atoms with Gasteiger partial charge in [-0.3, -0.25) is 9.20 Å². The normalized spacial score (nSPS) is 10.9. The standard InChI is InChI=1S/C14H12N2OS/c1-10-3-2-4-11(5-10)6-13-8-16-12(9-17)7-15-14(16)18-13/h2-5,7-9H,6H2,1H3. The molecule has 3 aromatic rings. The molecular formula is C14H12N2OS. The highest BCUT2D eigenvalue weighted by molar-refractivity contribution is 7.17. The largest absolute Gasteiger partial charge is 0.296 e. The summed E-state index contributed by atoms with van der Waals surface area (Å²) in [6.07, 6.45) is 5.32. The number of hydrogen-bond acceptors (Lipinski definition) is 3. The van der Waals surface area contributed by atoms with E-state index in [1.54, 1.807) is 17.5 Å². The summed E-state index contributed by atoms with van der Waals surface area (Å²) in [6, 6.07) is 8.47. The van der Waals surface area contributed by atoms with E-state index in [4.69, 9.17) is 0 Å². The number of aromatic nitrogens is 2. The predicted molar refractivity (Wildman–Crippen MR) is 72.4 cm³/mol. The summed E-state index contributed by atoms with van der Waals surface area (Å²) in [5.74, 6) is 0. The summed E-state index contributed by atoms with van der Waals surface area (Å²) in [7, 11) is 0. The Morgan fingerprint density at radius 3 is 3.11 bits per heavy atom. The number of nitrogens with zero attached hydrogens (tertiary/aromatic N) is 2. The Hall–Kier alpha value is -1.94. The van der Waals surface area contributed by atoms with Gasteiger partial charge in [0, 0.05) is 17.5 Å². The summed E-state index contributed by atoms with van der Waals surface area (Å²) >= 11 is 1.63. The van der Waals surface area contributed by atoms with Crippen LogP contribution in [0.5, 0.6) is 0 Å². The van der Waals surface area contributed by atoms with Crippen LogP contribution in [0.25, 0.3) is 4.96 Å². The molecule has 0 saturated heterocycles. The average molecular weight is 256 g/mol. The molecule has 0 amide bonds. The molecule has 3 rings (SSSR count). The lowest BCUT2D eigenvalue weighted by Gasteiger charge is -1.99. The third-order valence-corrected chi connectivity index (χ3v) is 3.87. The van der Waals surface area contributed by atoms with Gasteiger partial charge in [0.2, 0.25) is 0 Å². The number of rotatable bonds is 3. The highest BCUT2D eigenvalue weighted by atomic mass is 32.1. The maximum absolute atomic E-state index is 10.8. The molecule has 3 nitrogen and oxygen atoms in total. The number of carbonyl (C=O) groups is 1. The van der Waals surface area contributed by atoms with E-state index in [-0.39, 0.29) is 0 Å². The Bertz CT molecular complexity index is 711. The molecular weight excluding hydrogens is 244 g/mol. The first-order valence-corrected chi connectivity index (χ1v) is 6.54. The van der Waals surface area contributed by atoms with E-state index >= 15 is 0 Å². The molecule has 0 saturated carbocycles. The van der Waals surface area contributed by atoms with Crippen LogP contribution < -0.4 is 0 Å². The maximum Gasteiger partial charge on any atom is 0.194 e. The number of thiazole rings is 1. The second kappa shape index (κ2) is 4.38. The lowest BCUT2D eigenvalue weighted by atomic mass is 10.1. The quantitative estimate of drug-likeness (QED) is 0.675. The molecule has 18 heavy (non-hydrogen) atoms. The Morgan fingerprint density at radius 2 is 2.33 bits per heavy atom. The van der Waals surface area contributed by atoms with Crippen LogP contribution in [-0.4, -0.2) is 15.7 Å². The molecule has 2 aromatic heterocycles. The van der Waals surface area contributed by atoms with E-state index in [1.165, 1.54) is 16.0 Å². The number of fused-ring (bicyclic) bond motifs is 1. The van der Waals surface area contributed by atoms with Crippen molar-refractivity contribution < 1.29 is 4.79 Å². The van der Waals surface area contributed by atoms with Gasteiger partial charge in [0.1, 0.15) is 5.69 Å². The third kappa shape index (κ3) is 1.95. The van der Waals surface area contributed by atoms with Crippen LogP contribution in [0.1, 0.15) is 26.5 Å². The van der Waals surface area contributed by atoms with E-state index in [0.717, 1.165) is 17.7 Å².